The normalized spacial score (nSPS) is 16.3. The van der Waals surface area contributed by atoms with E-state index in [4.69, 9.17) is 5.11 Å². The SMILES string of the molecule is CCCNc1cncc(NCC2(CCO)CC2)c1. The van der Waals surface area contributed by atoms with Crippen molar-refractivity contribution < 1.29 is 5.11 Å². The minimum absolute atomic E-state index is 0.290. The molecule has 1 aromatic heterocycles. The predicted octanol–water partition coefficient (Wildman–Crippen LogP) is 2.48. The average molecular weight is 249 g/mol. The molecule has 0 atom stereocenters. The topological polar surface area (TPSA) is 57.2 Å². The predicted molar refractivity (Wildman–Crippen MR) is 74.9 cm³/mol. The highest BCUT2D eigenvalue weighted by Crippen LogP contribution is 2.48. The van der Waals surface area contributed by atoms with Crippen molar-refractivity contribution >= 4 is 11.4 Å². The van der Waals surface area contributed by atoms with Gasteiger partial charge in [-0.3, -0.25) is 4.98 Å². The van der Waals surface area contributed by atoms with E-state index in [0.717, 1.165) is 37.3 Å². The highest BCUT2D eigenvalue weighted by atomic mass is 16.3. The van der Waals surface area contributed by atoms with Gasteiger partial charge in [0.05, 0.1) is 23.8 Å². The van der Waals surface area contributed by atoms with E-state index in [2.05, 4.69) is 28.6 Å². The molecule has 4 heteroatoms. The third kappa shape index (κ3) is 3.60. The molecule has 4 nitrogen and oxygen atoms in total. The number of nitrogens with zero attached hydrogens (tertiary/aromatic N) is 1. The Bertz CT molecular complexity index is 377. The number of aromatic nitrogens is 1. The van der Waals surface area contributed by atoms with Crippen LogP contribution in [0.5, 0.6) is 0 Å². The molecule has 0 amide bonds. The summed E-state index contributed by atoms with van der Waals surface area (Å²) in [4.78, 5) is 4.23. The number of nitrogens with one attached hydrogen (secondary N) is 2. The Morgan fingerprint density at radius 1 is 1.28 bits per heavy atom. The van der Waals surface area contributed by atoms with E-state index in [-0.39, 0.29) is 6.61 Å². The number of aliphatic hydroxyl groups excluding tert-OH is 1. The Hall–Kier alpha value is -1.29. The second-order valence-electron chi connectivity index (χ2n) is 5.22. The van der Waals surface area contributed by atoms with Gasteiger partial charge in [0.1, 0.15) is 0 Å². The van der Waals surface area contributed by atoms with E-state index in [9.17, 15) is 0 Å². The monoisotopic (exact) mass is 249 g/mol. The van der Waals surface area contributed by atoms with Crippen LogP contribution >= 0.6 is 0 Å². The molecular weight excluding hydrogens is 226 g/mol. The largest absolute Gasteiger partial charge is 0.396 e. The van der Waals surface area contributed by atoms with Crippen LogP contribution in [-0.4, -0.2) is 29.8 Å². The Labute approximate surface area is 109 Å². The number of rotatable bonds is 8. The molecule has 1 aliphatic carbocycles. The maximum absolute atomic E-state index is 9.03. The number of aliphatic hydroxyl groups is 1. The van der Waals surface area contributed by atoms with Gasteiger partial charge < -0.3 is 15.7 Å². The minimum Gasteiger partial charge on any atom is -0.396 e. The fraction of sp³-hybridized carbons (Fsp3) is 0.643. The van der Waals surface area contributed by atoms with E-state index in [1.165, 1.54) is 12.8 Å². The first-order valence-electron chi connectivity index (χ1n) is 6.82. The molecule has 0 aromatic carbocycles. The molecule has 0 aliphatic heterocycles. The standard InChI is InChI=1S/C14H23N3O/c1-2-6-16-12-8-13(10-15-9-12)17-11-14(3-4-14)5-7-18/h8-10,16-18H,2-7,11H2,1H3. The van der Waals surface area contributed by atoms with Crippen LogP contribution in [0.15, 0.2) is 18.5 Å². The summed E-state index contributed by atoms with van der Waals surface area (Å²) in [6, 6.07) is 2.09. The van der Waals surface area contributed by atoms with Crippen molar-refractivity contribution in [2.75, 3.05) is 30.3 Å². The smallest absolute Gasteiger partial charge is 0.0547 e. The van der Waals surface area contributed by atoms with Gasteiger partial charge in [-0.15, -0.1) is 0 Å². The van der Waals surface area contributed by atoms with Gasteiger partial charge in [-0.05, 0) is 37.2 Å². The molecule has 0 bridgehead atoms. The van der Waals surface area contributed by atoms with Crippen molar-refractivity contribution in [2.45, 2.75) is 32.6 Å². The van der Waals surface area contributed by atoms with Gasteiger partial charge in [-0.25, -0.2) is 0 Å². The Morgan fingerprint density at radius 2 is 2.00 bits per heavy atom. The number of pyridine rings is 1. The quantitative estimate of drug-likeness (QED) is 0.662. The minimum atomic E-state index is 0.290. The fourth-order valence-corrected chi connectivity index (χ4v) is 2.12. The summed E-state index contributed by atoms with van der Waals surface area (Å²) < 4.78 is 0. The molecule has 1 saturated carbocycles. The molecular formula is C14H23N3O. The molecule has 1 fully saturated rings. The van der Waals surface area contributed by atoms with Crippen molar-refractivity contribution in [3.63, 3.8) is 0 Å². The van der Waals surface area contributed by atoms with Crippen LogP contribution < -0.4 is 10.6 Å². The first-order valence-corrected chi connectivity index (χ1v) is 6.82. The lowest BCUT2D eigenvalue weighted by molar-refractivity contribution is 0.253. The van der Waals surface area contributed by atoms with Crippen LogP contribution in [0.25, 0.3) is 0 Å². The van der Waals surface area contributed by atoms with Crippen molar-refractivity contribution in [3.05, 3.63) is 18.5 Å². The Kier molecular flexibility index (Phi) is 4.42. The van der Waals surface area contributed by atoms with Crippen LogP contribution in [0.4, 0.5) is 11.4 Å². The first-order chi connectivity index (χ1) is 8.78. The van der Waals surface area contributed by atoms with Crippen molar-refractivity contribution in [2.24, 2.45) is 5.41 Å². The second-order valence-corrected chi connectivity index (χ2v) is 5.22. The maximum atomic E-state index is 9.03. The maximum Gasteiger partial charge on any atom is 0.0547 e. The van der Waals surface area contributed by atoms with E-state index in [0.29, 0.717) is 5.41 Å². The summed E-state index contributed by atoms with van der Waals surface area (Å²) in [7, 11) is 0. The lowest BCUT2D eigenvalue weighted by Crippen LogP contribution is -2.17. The van der Waals surface area contributed by atoms with Gasteiger partial charge in [0.2, 0.25) is 0 Å². The molecule has 0 unspecified atom stereocenters. The lowest BCUT2D eigenvalue weighted by Gasteiger charge is -2.16. The molecule has 3 N–H and O–H groups in total. The molecule has 1 heterocycles. The fourth-order valence-electron chi connectivity index (χ4n) is 2.12. The first kappa shape index (κ1) is 13.1. The molecule has 18 heavy (non-hydrogen) atoms. The number of hydrogen-bond donors (Lipinski definition) is 3. The van der Waals surface area contributed by atoms with Crippen molar-refractivity contribution in [1.82, 2.24) is 4.98 Å². The van der Waals surface area contributed by atoms with Gasteiger partial charge in [0.15, 0.2) is 0 Å². The summed E-state index contributed by atoms with van der Waals surface area (Å²) >= 11 is 0. The van der Waals surface area contributed by atoms with Crippen molar-refractivity contribution in [1.29, 1.82) is 0 Å². The van der Waals surface area contributed by atoms with Gasteiger partial charge in [0.25, 0.3) is 0 Å². The van der Waals surface area contributed by atoms with E-state index < -0.39 is 0 Å². The average Bonchev–Trinajstić information content (AvgIpc) is 3.15. The van der Waals surface area contributed by atoms with Crippen LogP contribution in [0.1, 0.15) is 32.6 Å². The molecule has 100 valence electrons. The van der Waals surface area contributed by atoms with Gasteiger partial charge in [0, 0.05) is 19.7 Å². The number of hydrogen-bond acceptors (Lipinski definition) is 4. The Morgan fingerprint density at radius 3 is 2.61 bits per heavy atom. The van der Waals surface area contributed by atoms with E-state index >= 15 is 0 Å². The lowest BCUT2D eigenvalue weighted by atomic mass is 10.0. The highest BCUT2D eigenvalue weighted by molar-refractivity contribution is 5.54. The Balaban J connectivity index is 1.85. The van der Waals surface area contributed by atoms with Crippen LogP contribution in [0, 0.1) is 5.41 Å². The summed E-state index contributed by atoms with van der Waals surface area (Å²) in [5.41, 5.74) is 2.45. The molecule has 1 aromatic rings. The summed E-state index contributed by atoms with van der Waals surface area (Å²) in [5.74, 6) is 0. The third-order valence-electron chi connectivity index (χ3n) is 3.58. The van der Waals surface area contributed by atoms with Gasteiger partial charge in [-0.1, -0.05) is 6.92 Å². The van der Waals surface area contributed by atoms with Gasteiger partial charge >= 0.3 is 0 Å². The molecule has 2 rings (SSSR count). The second kappa shape index (κ2) is 6.05. The van der Waals surface area contributed by atoms with Crippen LogP contribution in [-0.2, 0) is 0 Å². The number of anilines is 2. The van der Waals surface area contributed by atoms with Crippen molar-refractivity contribution in [3.8, 4) is 0 Å². The third-order valence-corrected chi connectivity index (χ3v) is 3.58. The van der Waals surface area contributed by atoms with Gasteiger partial charge in [-0.2, -0.15) is 0 Å². The summed E-state index contributed by atoms with van der Waals surface area (Å²) in [6.07, 6.45) is 8.16. The summed E-state index contributed by atoms with van der Waals surface area (Å²) in [5, 5.41) is 15.8. The highest BCUT2D eigenvalue weighted by Gasteiger charge is 2.41. The molecule has 0 saturated heterocycles. The van der Waals surface area contributed by atoms with E-state index in [1.54, 1.807) is 0 Å². The van der Waals surface area contributed by atoms with E-state index in [1.807, 2.05) is 12.4 Å². The zero-order valence-corrected chi connectivity index (χ0v) is 11.1. The zero-order chi connectivity index (χ0) is 12.8. The molecule has 0 radical (unpaired) electrons. The molecule has 0 spiro atoms. The van der Waals surface area contributed by atoms with Crippen LogP contribution in [0.2, 0.25) is 0 Å². The zero-order valence-electron chi connectivity index (χ0n) is 11.1. The van der Waals surface area contributed by atoms with Crippen LogP contribution in [0.3, 0.4) is 0 Å². The summed E-state index contributed by atoms with van der Waals surface area (Å²) in [6.45, 7) is 4.35. The molecule has 1 aliphatic rings.